The van der Waals surface area contributed by atoms with Gasteiger partial charge in [0.25, 0.3) is 20.2 Å². The third-order valence-electron chi connectivity index (χ3n) is 9.30. The fraction of sp³-hybridized carbons (Fsp3) is 0.421. The molecule has 1 aromatic carbocycles. The maximum absolute atomic E-state index is 12.1. The molecule has 0 saturated carbocycles. The minimum atomic E-state index is -4.55. The van der Waals surface area contributed by atoms with Crippen molar-refractivity contribution in [1.82, 2.24) is 4.58 Å². The van der Waals surface area contributed by atoms with Crippen LogP contribution in [-0.2, 0) is 35.9 Å². The standard InChI is InChI=1S/C38H48N2O9S2/c1-7-39(8-2)27-17-19-30-31(37(3,4)5)25-28(49-34(30)24-27)14-10-9-11-15-35-38(6,21-12-16-36(41)42)32-26-29(51(46,47)48)18-20-33(32)40(35)22-13-23-50(43,44)45/h9-11,14-15,17-20,24-26H,7-8,12-13,16,21-23H2,1-6H3,(H2-,41,42,43,44,45,46,47,48)/p+1. The third kappa shape index (κ3) is 9.65. The summed E-state index contributed by atoms with van der Waals surface area (Å²) in [5.74, 6) is -0.00533. The average Bonchev–Trinajstić information content (AvgIpc) is 3.25. The summed E-state index contributed by atoms with van der Waals surface area (Å²) in [6, 6.07) is 12.5. The van der Waals surface area contributed by atoms with Gasteiger partial charge < -0.3 is 14.4 Å². The Morgan fingerprint density at radius 1 is 0.961 bits per heavy atom. The Hall–Kier alpha value is -4.04. The van der Waals surface area contributed by atoms with E-state index < -0.39 is 37.4 Å². The summed E-state index contributed by atoms with van der Waals surface area (Å²) in [5.41, 5.74) is 2.99. The van der Waals surface area contributed by atoms with Crippen LogP contribution in [0.5, 0.6) is 0 Å². The highest BCUT2D eigenvalue weighted by Gasteiger charge is 2.43. The number of anilines is 1. The molecule has 1 aliphatic carbocycles. The molecule has 0 spiro atoms. The summed E-state index contributed by atoms with van der Waals surface area (Å²) >= 11 is 0. The molecular formula is C38H49N2O9S2+. The van der Waals surface area contributed by atoms with Gasteiger partial charge in [0.1, 0.15) is 24.6 Å². The van der Waals surface area contributed by atoms with E-state index >= 15 is 0 Å². The molecule has 0 saturated heterocycles. The molecule has 1 unspecified atom stereocenters. The molecule has 0 aromatic heterocycles. The molecule has 3 N–H and O–H groups in total. The van der Waals surface area contributed by atoms with E-state index in [1.165, 1.54) is 12.1 Å². The Balaban J connectivity index is 1.78. The van der Waals surface area contributed by atoms with Crippen molar-refractivity contribution >= 4 is 38.0 Å². The quantitative estimate of drug-likeness (QED) is 0.0943. The number of hydrogen-bond acceptors (Lipinski definition) is 7. The van der Waals surface area contributed by atoms with E-state index in [1.807, 2.05) is 42.2 Å². The van der Waals surface area contributed by atoms with Crippen LogP contribution >= 0.6 is 0 Å². The molecule has 2 aliphatic heterocycles. The highest BCUT2D eigenvalue weighted by Crippen LogP contribution is 2.51. The number of benzene rings is 2. The minimum absolute atomic E-state index is 0.0695. The Morgan fingerprint density at radius 2 is 1.67 bits per heavy atom. The number of rotatable bonds is 14. The summed E-state index contributed by atoms with van der Waals surface area (Å²) in [5, 5.41) is 10.4. The highest BCUT2D eigenvalue weighted by atomic mass is 32.2. The second-order valence-corrected chi connectivity index (χ2v) is 17.0. The van der Waals surface area contributed by atoms with Crippen molar-refractivity contribution < 1.29 is 40.3 Å². The summed E-state index contributed by atoms with van der Waals surface area (Å²) in [6.45, 7) is 14.5. The first-order chi connectivity index (χ1) is 23.8. The molecular weight excluding hydrogens is 693 g/mol. The lowest BCUT2D eigenvalue weighted by molar-refractivity contribution is -0.137. The number of carboxylic acids is 1. The van der Waals surface area contributed by atoms with Crippen LogP contribution in [0.1, 0.15) is 84.1 Å². The number of aliphatic carboxylic acids is 1. The van der Waals surface area contributed by atoms with E-state index in [-0.39, 0.29) is 36.1 Å². The molecule has 2 heterocycles. The van der Waals surface area contributed by atoms with Crippen LogP contribution in [0.2, 0.25) is 0 Å². The van der Waals surface area contributed by atoms with Crippen LogP contribution in [-0.4, -0.2) is 62.4 Å². The Labute approximate surface area is 301 Å². The van der Waals surface area contributed by atoms with E-state index in [2.05, 4.69) is 57.4 Å². The molecule has 0 amide bonds. The zero-order chi connectivity index (χ0) is 37.8. The van der Waals surface area contributed by atoms with Crippen LogP contribution in [0.4, 0.5) is 5.69 Å². The van der Waals surface area contributed by atoms with E-state index in [4.69, 9.17) is 4.42 Å². The monoisotopic (exact) mass is 741 g/mol. The molecule has 3 aliphatic rings. The van der Waals surface area contributed by atoms with Gasteiger partial charge in [-0.05, 0) is 99.1 Å². The van der Waals surface area contributed by atoms with E-state index in [0.29, 0.717) is 29.1 Å². The molecule has 276 valence electrons. The van der Waals surface area contributed by atoms with Gasteiger partial charge in [-0.15, -0.1) is 0 Å². The van der Waals surface area contributed by atoms with E-state index in [1.54, 1.807) is 12.1 Å². The SMILES string of the molecule is CC[N+](CC)=c1ccc2c(C(C)(C)C)cc(C=CC=CC=C3N(CCCS(=O)(=O)O)c4ccc(S(=O)(=O)O)cc4C3(C)CCCC(=O)O)oc-2c1. The first kappa shape index (κ1) is 39.7. The summed E-state index contributed by atoms with van der Waals surface area (Å²) < 4.78 is 75.1. The van der Waals surface area contributed by atoms with Crippen LogP contribution in [0.3, 0.4) is 0 Å². The van der Waals surface area contributed by atoms with Gasteiger partial charge in [-0.3, -0.25) is 13.9 Å². The van der Waals surface area contributed by atoms with Gasteiger partial charge in [-0.1, -0.05) is 39.0 Å². The van der Waals surface area contributed by atoms with Crippen LogP contribution in [0, 0.1) is 0 Å². The minimum Gasteiger partial charge on any atom is -0.481 e. The van der Waals surface area contributed by atoms with Gasteiger partial charge in [0.2, 0.25) is 5.36 Å². The molecule has 51 heavy (non-hydrogen) atoms. The number of carbonyl (C=O) groups is 1. The van der Waals surface area contributed by atoms with E-state index in [9.17, 15) is 35.8 Å². The smallest absolute Gasteiger partial charge is 0.303 e. The van der Waals surface area contributed by atoms with Crippen molar-refractivity contribution in [3.63, 3.8) is 0 Å². The van der Waals surface area contributed by atoms with Gasteiger partial charge >= 0.3 is 5.97 Å². The first-order valence-corrected chi connectivity index (χ1v) is 20.1. The second kappa shape index (κ2) is 15.7. The van der Waals surface area contributed by atoms with Crippen molar-refractivity contribution in [2.24, 2.45) is 0 Å². The fourth-order valence-corrected chi connectivity index (χ4v) is 7.74. The highest BCUT2D eigenvalue weighted by molar-refractivity contribution is 7.86. The number of allylic oxidation sites excluding steroid dienone is 5. The number of carboxylic acid groups (broad SMARTS) is 1. The summed E-state index contributed by atoms with van der Waals surface area (Å²) in [4.78, 5) is 13.0. The fourth-order valence-electron chi connectivity index (χ4n) is 6.74. The molecule has 0 bridgehead atoms. The molecule has 13 heteroatoms. The topological polar surface area (TPSA) is 165 Å². The Bertz CT molecular complexity index is 2120. The number of fused-ring (bicyclic) bond motifs is 2. The average molecular weight is 742 g/mol. The zero-order valence-electron chi connectivity index (χ0n) is 30.1. The van der Waals surface area contributed by atoms with Crippen LogP contribution < -0.4 is 14.8 Å². The maximum atomic E-state index is 12.1. The predicted octanol–water partition coefficient (Wildman–Crippen LogP) is 6.50. The lowest BCUT2D eigenvalue weighted by atomic mass is 9.77. The molecule has 0 fully saturated rings. The third-order valence-corrected chi connectivity index (χ3v) is 11.0. The van der Waals surface area contributed by atoms with Crippen molar-refractivity contribution in [1.29, 1.82) is 0 Å². The van der Waals surface area contributed by atoms with Crippen molar-refractivity contribution in [2.75, 3.05) is 30.3 Å². The molecule has 0 radical (unpaired) electrons. The lowest BCUT2D eigenvalue weighted by Crippen LogP contribution is -2.30. The van der Waals surface area contributed by atoms with E-state index in [0.717, 1.165) is 35.3 Å². The maximum Gasteiger partial charge on any atom is 0.303 e. The largest absolute Gasteiger partial charge is 0.481 e. The van der Waals surface area contributed by atoms with Gasteiger partial charge in [-0.2, -0.15) is 16.8 Å². The summed E-state index contributed by atoms with van der Waals surface area (Å²) in [6.07, 6.45) is 9.72. The molecule has 1 atom stereocenters. The Morgan fingerprint density at radius 3 is 2.27 bits per heavy atom. The number of nitrogens with zero attached hydrogens (tertiary/aromatic N) is 2. The molecule has 11 nitrogen and oxygen atoms in total. The normalized spacial score (nSPS) is 17.6. The zero-order valence-corrected chi connectivity index (χ0v) is 31.7. The first-order valence-electron chi connectivity index (χ1n) is 17.1. The van der Waals surface area contributed by atoms with Crippen LogP contribution in [0.25, 0.3) is 17.4 Å². The van der Waals surface area contributed by atoms with Gasteiger partial charge in [0.05, 0.1) is 16.7 Å². The lowest BCUT2D eigenvalue weighted by Gasteiger charge is -2.30. The van der Waals surface area contributed by atoms with Gasteiger partial charge in [0, 0.05) is 41.4 Å². The predicted molar refractivity (Wildman–Crippen MR) is 200 cm³/mol. The van der Waals surface area contributed by atoms with Crippen molar-refractivity contribution in [3.8, 4) is 11.3 Å². The molecule has 1 aromatic rings. The van der Waals surface area contributed by atoms with Gasteiger partial charge in [0.15, 0.2) is 0 Å². The van der Waals surface area contributed by atoms with Crippen molar-refractivity contribution in [2.45, 2.75) is 83.0 Å². The van der Waals surface area contributed by atoms with Gasteiger partial charge in [-0.25, -0.2) is 4.58 Å². The number of hydrogen-bond donors (Lipinski definition) is 3. The van der Waals surface area contributed by atoms with Crippen molar-refractivity contribution in [3.05, 3.63) is 94.7 Å². The Kier molecular flexibility index (Phi) is 12.2. The second-order valence-electron chi connectivity index (χ2n) is 14.0. The summed E-state index contributed by atoms with van der Waals surface area (Å²) in [7, 11) is -8.78. The molecule has 4 rings (SSSR count). The van der Waals surface area contributed by atoms with Crippen LogP contribution in [0.15, 0.2) is 81.8 Å².